The quantitative estimate of drug-likeness (QED) is 0.855. The van der Waals surface area contributed by atoms with Crippen LogP contribution in [-0.2, 0) is 9.53 Å². The van der Waals surface area contributed by atoms with Gasteiger partial charge in [-0.1, -0.05) is 30.7 Å². The van der Waals surface area contributed by atoms with E-state index < -0.39 is 12.0 Å². The Labute approximate surface area is 94.2 Å². The van der Waals surface area contributed by atoms with Crippen LogP contribution in [0.4, 0.5) is 0 Å². The summed E-state index contributed by atoms with van der Waals surface area (Å²) in [7, 11) is 1.47. The molecule has 1 aromatic rings. The van der Waals surface area contributed by atoms with Gasteiger partial charge < -0.3 is 10.5 Å². The molecule has 1 rings (SSSR count). The molecule has 4 heteroatoms. The zero-order chi connectivity index (χ0) is 11.4. The monoisotopic (exact) mass is 227 g/mol. The first-order valence-electron chi connectivity index (χ1n) is 4.64. The number of nitrogens with two attached hydrogens (primary N) is 1. The highest BCUT2D eigenvalue weighted by Gasteiger charge is 2.23. The van der Waals surface area contributed by atoms with Crippen LogP contribution in [-0.4, -0.2) is 19.1 Å². The Morgan fingerprint density at radius 1 is 1.40 bits per heavy atom. The number of primary amides is 1. The third kappa shape index (κ3) is 2.94. The minimum atomic E-state index is -0.605. The molecule has 2 atom stereocenters. The van der Waals surface area contributed by atoms with Crippen molar-refractivity contribution in [2.75, 3.05) is 7.11 Å². The van der Waals surface area contributed by atoms with Crippen LogP contribution in [0.2, 0.25) is 5.02 Å². The minimum absolute atomic E-state index is 0.0789. The van der Waals surface area contributed by atoms with Gasteiger partial charge in [-0.15, -0.1) is 0 Å². The lowest BCUT2D eigenvalue weighted by Gasteiger charge is -2.19. The largest absolute Gasteiger partial charge is 0.371 e. The third-order valence-corrected chi connectivity index (χ3v) is 2.64. The van der Waals surface area contributed by atoms with Gasteiger partial charge in [0.2, 0.25) is 5.91 Å². The van der Waals surface area contributed by atoms with E-state index in [9.17, 15) is 4.79 Å². The standard InChI is InChI=1S/C11H14ClNO2/c1-7(10(15-2)11(13)14)8-3-5-9(12)6-4-8/h3-7,10H,1-2H3,(H2,13,14). The maximum Gasteiger partial charge on any atom is 0.247 e. The van der Waals surface area contributed by atoms with Crippen LogP contribution in [0.15, 0.2) is 24.3 Å². The van der Waals surface area contributed by atoms with E-state index in [0.29, 0.717) is 5.02 Å². The molecule has 0 spiro atoms. The molecular formula is C11H14ClNO2. The summed E-state index contributed by atoms with van der Waals surface area (Å²) < 4.78 is 5.05. The Bertz CT molecular complexity index is 337. The maximum atomic E-state index is 11.1. The SMILES string of the molecule is COC(C(N)=O)C(C)c1ccc(Cl)cc1. The Morgan fingerprint density at radius 3 is 2.33 bits per heavy atom. The zero-order valence-electron chi connectivity index (χ0n) is 8.74. The molecule has 1 amide bonds. The summed E-state index contributed by atoms with van der Waals surface area (Å²) in [6.45, 7) is 1.89. The molecule has 3 nitrogen and oxygen atoms in total. The van der Waals surface area contributed by atoms with Crippen LogP contribution in [0.25, 0.3) is 0 Å². The van der Waals surface area contributed by atoms with Crippen molar-refractivity contribution in [1.29, 1.82) is 0 Å². The summed E-state index contributed by atoms with van der Waals surface area (Å²) in [6, 6.07) is 7.28. The molecule has 1 aromatic carbocycles. The van der Waals surface area contributed by atoms with Crippen LogP contribution in [0, 0.1) is 0 Å². The smallest absolute Gasteiger partial charge is 0.247 e. The van der Waals surface area contributed by atoms with Gasteiger partial charge in [-0.25, -0.2) is 0 Å². The molecule has 0 aliphatic heterocycles. The van der Waals surface area contributed by atoms with Gasteiger partial charge in [0, 0.05) is 18.1 Å². The van der Waals surface area contributed by atoms with E-state index in [0.717, 1.165) is 5.56 Å². The van der Waals surface area contributed by atoms with Crippen molar-refractivity contribution >= 4 is 17.5 Å². The lowest BCUT2D eigenvalue weighted by molar-refractivity contribution is -0.128. The van der Waals surface area contributed by atoms with Crippen molar-refractivity contribution < 1.29 is 9.53 Å². The number of amides is 1. The summed E-state index contributed by atoms with van der Waals surface area (Å²) in [6.07, 6.45) is -0.605. The fourth-order valence-corrected chi connectivity index (χ4v) is 1.63. The number of carbonyl (C=O) groups is 1. The average molecular weight is 228 g/mol. The molecule has 0 saturated heterocycles. The molecule has 2 N–H and O–H groups in total. The second-order valence-corrected chi connectivity index (χ2v) is 3.84. The van der Waals surface area contributed by atoms with Crippen molar-refractivity contribution in [1.82, 2.24) is 0 Å². The summed E-state index contributed by atoms with van der Waals surface area (Å²) >= 11 is 5.77. The van der Waals surface area contributed by atoms with Gasteiger partial charge in [-0.05, 0) is 17.7 Å². The molecule has 0 aliphatic rings. The van der Waals surface area contributed by atoms with E-state index >= 15 is 0 Å². The molecule has 2 unspecified atom stereocenters. The van der Waals surface area contributed by atoms with Crippen LogP contribution in [0.5, 0.6) is 0 Å². The zero-order valence-corrected chi connectivity index (χ0v) is 9.49. The second-order valence-electron chi connectivity index (χ2n) is 3.40. The second kappa shape index (κ2) is 5.14. The fraction of sp³-hybridized carbons (Fsp3) is 0.364. The first-order valence-corrected chi connectivity index (χ1v) is 5.01. The molecule has 0 radical (unpaired) electrons. The van der Waals surface area contributed by atoms with Crippen LogP contribution >= 0.6 is 11.6 Å². The molecule has 0 heterocycles. The summed E-state index contributed by atoms with van der Waals surface area (Å²) in [5, 5.41) is 0.666. The lowest BCUT2D eigenvalue weighted by Crippen LogP contribution is -2.34. The van der Waals surface area contributed by atoms with E-state index in [1.165, 1.54) is 7.11 Å². The van der Waals surface area contributed by atoms with Gasteiger partial charge in [-0.2, -0.15) is 0 Å². The molecule has 0 bridgehead atoms. The van der Waals surface area contributed by atoms with Crippen molar-refractivity contribution in [3.63, 3.8) is 0 Å². The van der Waals surface area contributed by atoms with Crippen LogP contribution in [0.3, 0.4) is 0 Å². The molecule has 0 fully saturated rings. The van der Waals surface area contributed by atoms with Crippen molar-refractivity contribution in [3.8, 4) is 0 Å². The Hall–Kier alpha value is -1.06. The highest BCUT2D eigenvalue weighted by Crippen LogP contribution is 2.22. The number of hydrogen-bond acceptors (Lipinski definition) is 2. The normalized spacial score (nSPS) is 14.6. The summed E-state index contributed by atoms with van der Waals surface area (Å²) in [4.78, 5) is 11.1. The molecule has 82 valence electrons. The topological polar surface area (TPSA) is 52.3 Å². The molecule has 15 heavy (non-hydrogen) atoms. The molecule has 0 aromatic heterocycles. The van der Waals surface area contributed by atoms with Gasteiger partial charge in [-0.3, -0.25) is 4.79 Å². The number of halogens is 1. The summed E-state index contributed by atoms with van der Waals surface area (Å²) in [5.41, 5.74) is 6.20. The number of methoxy groups -OCH3 is 1. The molecule has 0 aliphatic carbocycles. The Morgan fingerprint density at radius 2 is 1.93 bits per heavy atom. The Kier molecular flexibility index (Phi) is 4.12. The minimum Gasteiger partial charge on any atom is -0.371 e. The first kappa shape index (κ1) is 12.0. The number of hydrogen-bond donors (Lipinski definition) is 1. The first-order chi connectivity index (χ1) is 7.06. The number of rotatable bonds is 4. The van der Waals surface area contributed by atoms with E-state index in [-0.39, 0.29) is 5.92 Å². The van der Waals surface area contributed by atoms with E-state index in [4.69, 9.17) is 22.1 Å². The van der Waals surface area contributed by atoms with Crippen molar-refractivity contribution in [2.45, 2.75) is 18.9 Å². The predicted molar refractivity (Wildman–Crippen MR) is 59.9 cm³/mol. The number of ether oxygens (including phenoxy) is 1. The van der Waals surface area contributed by atoms with Gasteiger partial charge >= 0.3 is 0 Å². The third-order valence-electron chi connectivity index (χ3n) is 2.38. The number of benzene rings is 1. The summed E-state index contributed by atoms with van der Waals surface area (Å²) in [5.74, 6) is -0.537. The van der Waals surface area contributed by atoms with Crippen molar-refractivity contribution in [2.24, 2.45) is 5.73 Å². The lowest BCUT2D eigenvalue weighted by atomic mass is 9.95. The van der Waals surface area contributed by atoms with E-state index in [2.05, 4.69) is 0 Å². The van der Waals surface area contributed by atoms with Crippen molar-refractivity contribution in [3.05, 3.63) is 34.9 Å². The van der Waals surface area contributed by atoms with E-state index in [1.807, 2.05) is 19.1 Å². The van der Waals surface area contributed by atoms with Gasteiger partial charge in [0.25, 0.3) is 0 Å². The van der Waals surface area contributed by atoms with Crippen LogP contribution < -0.4 is 5.73 Å². The fourth-order valence-electron chi connectivity index (χ4n) is 1.51. The maximum absolute atomic E-state index is 11.1. The number of carbonyl (C=O) groups excluding carboxylic acids is 1. The Balaban J connectivity index is 2.87. The highest BCUT2D eigenvalue weighted by atomic mass is 35.5. The van der Waals surface area contributed by atoms with Gasteiger partial charge in [0.1, 0.15) is 6.10 Å². The van der Waals surface area contributed by atoms with Gasteiger partial charge in [0.15, 0.2) is 0 Å². The van der Waals surface area contributed by atoms with Crippen LogP contribution in [0.1, 0.15) is 18.4 Å². The average Bonchev–Trinajstić information content (AvgIpc) is 2.19. The predicted octanol–water partition coefficient (Wildman–Crippen LogP) is 1.94. The van der Waals surface area contributed by atoms with E-state index in [1.54, 1.807) is 12.1 Å². The van der Waals surface area contributed by atoms with Gasteiger partial charge in [0.05, 0.1) is 0 Å². The molecular weight excluding hydrogens is 214 g/mol. The highest BCUT2D eigenvalue weighted by molar-refractivity contribution is 6.30. The molecule has 0 saturated carbocycles.